The Labute approximate surface area is 289 Å². The Morgan fingerprint density at radius 1 is 1.06 bits per heavy atom. The molecule has 5 heterocycles. The van der Waals surface area contributed by atoms with E-state index in [1.54, 1.807) is 20.3 Å². The van der Waals surface area contributed by atoms with Crippen LogP contribution in [-0.2, 0) is 16.6 Å². The first-order valence-electron chi connectivity index (χ1n) is 15.8. The zero-order chi connectivity index (χ0) is 35.6. The van der Waals surface area contributed by atoms with E-state index in [2.05, 4.69) is 11.7 Å². The first-order valence-corrected chi connectivity index (χ1v) is 16.6. The second kappa shape index (κ2) is 12.4. The first-order chi connectivity index (χ1) is 23.9. The number of carbonyl (C=O) groups excluding carboxylic acids is 2. The van der Waals surface area contributed by atoms with Gasteiger partial charge in [-0.05, 0) is 32.1 Å². The molecule has 256 valence electrons. The lowest BCUT2D eigenvalue weighted by Crippen LogP contribution is -2.42. The number of carbonyl (C=O) groups is 2. The molecule has 14 heteroatoms. The van der Waals surface area contributed by atoms with E-state index in [1.165, 1.54) is 30.5 Å². The molecular weight excluding hydrogens is 668 g/mol. The number of thiophene rings is 1. The van der Waals surface area contributed by atoms with Gasteiger partial charge in [0.15, 0.2) is 6.61 Å². The molecule has 2 atom stereocenters. The number of hydrogen-bond acceptors (Lipinski definition) is 7. The topological polar surface area (TPSA) is 98.4 Å². The maximum atomic E-state index is 16.2. The average Bonchev–Trinajstić information content (AvgIpc) is 3.80. The molecule has 6 aromatic rings. The molecule has 10 nitrogen and oxygen atoms in total. The summed E-state index contributed by atoms with van der Waals surface area (Å²) in [6.07, 6.45) is 3.13. The third-order valence-corrected chi connectivity index (χ3v) is 9.88. The molecule has 0 bridgehead atoms. The zero-order valence-electron chi connectivity index (χ0n) is 27.9. The maximum Gasteiger partial charge on any atom is 0.259 e. The molecule has 0 saturated heterocycles. The minimum absolute atomic E-state index is 0.0130. The Balaban J connectivity index is 1.54. The summed E-state index contributed by atoms with van der Waals surface area (Å²) in [5.74, 6) is -3.63. The van der Waals surface area contributed by atoms with Crippen molar-refractivity contribution in [2.45, 2.75) is 25.9 Å². The predicted octanol–water partition coefficient (Wildman–Crippen LogP) is 6.92. The van der Waals surface area contributed by atoms with Crippen LogP contribution in [0.25, 0.3) is 54.8 Å². The summed E-state index contributed by atoms with van der Waals surface area (Å²) in [5.41, 5.74) is 2.50. The van der Waals surface area contributed by atoms with Crippen molar-refractivity contribution in [2.75, 3.05) is 27.2 Å². The van der Waals surface area contributed by atoms with Crippen LogP contribution in [-0.4, -0.2) is 73.4 Å². The number of benzene rings is 2. The van der Waals surface area contributed by atoms with Gasteiger partial charge in [0.25, 0.3) is 5.91 Å². The van der Waals surface area contributed by atoms with E-state index < -0.39 is 36.0 Å². The van der Waals surface area contributed by atoms with E-state index in [-0.39, 0.29) is 45.6 Å². The van der Waals surface area contributed by atoms with E-state index in [9.17, 15) is 14.0 Å². The fraction of sp³-hybridized carbons (Fsp3) is 0.250. The van der Waals surface area contributed by atoms with Crippen LogP contribution in [0.4, 0.5) is 13.2 Å². The summed E-state index contributed by atoms with van der Waals surface area (Å²) in [5, 5.41) is 11.7. The molecule has 2 amide bonds. The van der Waals surface area contributed by atoms with Crippen molar-refractivity contribution < 1.29 is 27.5 Å². The van der Waals surface area contributed by atoms with Gasteiger partial charge in [0.1, 0.15) is 34.6 Å². The molecular formula is C36H32F3N7O3S. The van der Waals surface area contributed by atoms with Crippen LogP contribution < -0.4 is 4.74 Å². The van der Waals surface area contributed by atoms with Crippen molar-refractivity contribution >= 4 is 44.1 Å². The van der Waals surface area contributed by atoms with Gasteiger partial charge in [-0.1, -0.05) is 18.7 Å². The van der Waals surface area contributed by atoms with E-state index in [1.807, 2.05) is 45.3 Å². The van der Waals surface area contributed by atoms with Crippen LogP contribution in [0.15, 0.2) is 60.6 Å². The number of ether oxygens (including phenoxy) is 1. The number of hydrogen-bond donors (Lipinski definition) is 0. The maximum absolute atomic E-state index is 16.2. The van der Waals surface area contributed by atoms with Gasteiger partial charge in [-0.25, -0.2) is 18.2 Å². The first kappa shape index (κ1) is 33.0. The van der Waals surface area contributed by atoms with Gasteiger partial charge < -0.3 is 14.5 Å². The lowest BCUT2D eigenvalue weighted by Gasteiger charge is -2.36. The van der Waals surface area contributed by atoms with Crippen molar-refractivity contribution in [3.63, 3.8) is 0 Å². The third kappa shape index (κ3) is 5.49. The number of aromatic nitrogens is 5. The lowest BCUT2D eigenvalue weighted by atomic mass is 9.94. The van der Waals surface area contributed by atoms with Crippen molar-refractivity contribution in [1.82, 2.24) is 34.3 Å². The van der Waals surface area contributed by atoms with Crippen LogP contribution in [0, 0.1) is 17.5 Å². The molecule has 0 saturated carbocycles. The summed E-state index contributed by atoms with van der Waals surface area (Å²) in [6.45, 7) is 7.24. The van der Waals surface area contributed by atoms with Gasteiger partial charge in [0.2, 0.25) is 5.91 Å². The summed E-state index contributed by atoms with van der Waals surface area (Å²) < 4.78 is 56.9. The van der Waals surface area contributed by atoms with Gasteiger partial charge in [-0.2, -0.15) is 10.2 Å². The number of likely N-dealkylation sites (N-methyl/N-ethyl adjacent to an activating group) is 1. The Kier molecular flexibility index (Phi) is 8.21. The summed E-state index contributed by atoms with van der Waals surface area (Å²) in [7, 11) is 4.86. The van der Waals surface area contributed by atoms with E-state index in [0.29, 0.717) is 39.8 Å². The van der Waals surface area contributed by atoms with Crippen LogP contribution in [0.5, 0.6) is 5.75 Å². The number of aryl methyl sites for hydroxylation is 1. The fourth-order valence-electron chi connectivity index (χ4n) is 6.43. The Hall–Kier alpha value is -5.50. The van der Waals surface area contributed by atoms with E-state index in [4.69, 9.17) is 14.8 Å². The van der Waals surface area contributed by atoms with Gasteiger partial charge in [0.05, 0.1) is 39.3 Å². The van der Waals surface area contributed by atoms with E-state index >= 15 is 8.78 Å². The minimum atomic E-state index is -1.04. The molecule has 4 aromatic heterocycles. The Morgan fingerprint density at radius 3 is 2.58 bits per heavy atom. The molecule has 0 radical (unpaired) electrons. The highest BCUT2D eigenvalue weighted by molar-refractivity contribution is 7.17. The number of rotatable bonds is 7. The van der Waals surface area contributed by atoms with Crippen LogP contribution in [0.1, 0.15) is 31.6 Å². The third-order valence-electron chi connectivity index (χ3n) is 8.92. The summed E-state index contributed by atoms with van der Waals surface area (Å²) in [4.78, 5) is 33.3. The molecule has 0 N–H and O–H groups in total. The molecule has 1 aliphatic heterocycles. The Bertz CT molecular complexity index is 2360. The number of fused-ring (bicyclic) bond motifs is 3. The van der Waals surface area contributed by atoms with Crippen LogP contribution in [0.3, 0.4) is 0 Å². The molecule has 0 unspecified atom stereocenters. The second-order valence-corrected chi connectivity index (χ2v) is 13.4. The molecule has 0 fully saturated rings. The van der Waals surface area contributed by atoms with Crippen LogP contribution in [0.2, 0.25) is 0 Å². The highest BCUT2D eigenvalue weighted by Crippen LogP contribution is 2.48. The molecule has 7 rings (SSSR count). The van der Waals surface area contributed by atoms with Crippen molar-refractivity contribution in [1.29, 1.82) is 0 Å². The van der Waals surface area contributed by atoms with Crippen LogP contribution >= 0.6 is 11.3 Å². The monoisotopic (exact) mass is 699 g/mol. The van der Waals surface area contributed by atoms with Gasteiger partial charge in [0, 0.05) is 73.3 Å². The SMILES string of the molecule is C=CC(=O)N1C[C@H](C)n2nc(-c3nc(-c4ccc5cn(C)nc5c4)c4scc(F)c4c3-c3c(F)cc(F)cc3OCC(=O)N(C)C)cc2[C@H]1C. The molecule has 50 heavy (non-hydrogen) atoms. The lowest BCUT2D eigenvalue weighted by molar-refractivity contribution is -0.131. The van der Waals surface area contributed by atoms with Crippen molar-refractivity contribution in [3.05, 3.63) is 83.8 Å². The number of nitrogens with zero attached hydrogens (tertiary/aromatic N) is 7. The molecule has 1 aliphatic rings. The number of halogens is 3. The molecule has 2 aromatic carbocycles. The number of pyridine rings is 1. The number of amides is 2. The average molecular weight is 700 g/mol. The van der Waals surface area contributed by atoms with Gasteiger partial charge in [-0.15, -0.1) is 11.3 Å². The van der Waals surface area contributed by atoms with Crippen molar-refractivity contribution in [2.24, 2.45) is 7.05 Å². The molecule has 0 spiro atoms. The summed E-state index contributed by atoms with van der Waals surface area (Å²) in [6, 6.07) is 8.31. The van der Waals surface area contributed by atoms with Gasteiger partial charge in [-0.3, -0.25) is 19.0 Å². The highest BCUT2D eigenvalue weighted by Gasteiger charge is 2.34. The quantitative estimate of drug-likeness (QED) is 0.168. The molecule has 0 aliphatic carbocycles. The van der Waals surface area contributed by atoms with Gasteiger partial charge >= 0.3 is 0 Å². The summed E-state index contributed by atoms with van der Waals surface area (Å²) >= 11 is 1.09. The normalized spacial score (nSPS) is 15.8. The smallest absolute Gasteiger partial charge is 0.259 e. The standard InChI is InChI=1S/C36H32F3N7O3S/c1-7-29(47)45-14-18(2)46-27(19(45)3)13-26(42-46)35-33(31-23(38)11-22(37)12-28(31)49-16-30(48)43(4)5)32-24(39)17-50-36(32)34(40-35)20-8-9-21-15-44(6)41-25(21)10-20/h7-13,15,17-19H,1,14,16H2,2-6H3/t18-,19+/m0/s1. The zero-order valence-corrected chi connectivity index (χ0v) is 28.7. The second-order valence-electron chi connectivity index (χ2n) is 12.5. The van der Waals surface area contributed by atoms with E-state index in [0.717, 1.165) is 22.8 Å². The highest BCUT2D eigenvalue weighted by atomic mass is 32.1. The Morgan fingerprint density at radius 2 is 1.84 bits per heavy atom. The fourth-order valence-corrected chi connectivity index (χ4v) is 7.37. The predicted molar refractivity (Wildman–Crippen MR) is 185 cm³/mol. The minimum Gasteiger partial charge on any atom is -0.483 e. The largest absolute Gasteiger partial charge is 0.483 e. The van der Waals surface area contributed by atoms with Crippen molar-refractivity contribution in [3.8, 4) is 39.5 Å².